The molecule has 3 nitrogen and oxygen atoms in total. The Morgan fingerprint density at radius 1 is 0.810 bits per heavy atom. The molecular weight excluding hydrogens is 307 g/mol. The van der Waals surface area contributed by atoms with Crippen LogP contribution in [0.2, 0.25) is 10.0 Å². The Kier molecular flexibility index (Phi) is 3.72. The molecule has 0 aliphatic carbocycles. The summed E-state index contributed by atoms with van der Waals surface area (Å²) in [6.45, 7) is 0. The fourth-order valence-electron chi connectivity index (χ4n) is 2.32. The van der Waals surface area contributed by atoms with Crippen LogP contribution in [0.1, 0.15) is 16.8 Å². The zero-order valence-corrected chi connectivity index (χ0v) is 12.4. The van der Waals surface area contributed by atoms with Crippen LogP contribution in [0.15, 0.2) is 60.8 Å². The molecule has 0 saturated carbocycles. The first kappa shape index (κ1) is 14.1. The van der Waals surface area contributed by atoms with Crippen molar-refractivity contribution in [2.24, 2.45) is 0 Å². The highest BCUT2D eigenvalue weighted by molar-refractivity contribution is 6.30. The number of halogens is 2. The van der Waals surface area contributed by atoms with Gasteiger partial charge in [-0.05, 0) is 41.5 Å². The van der Waals surface area contributed by atoms with Gasteiger partial charge in [-0.15, -0.1) is 0 Å². The van der Waals surface area contributed by atoms with Crippen molar-refractivity contribution < 1.29 is 5.11 Å². The third-order valence-corrected chi connectivity index (χ3v) is 3.92. The summed E-state index contributed by atoms with van der Waals surface area (Å²) >= 11 is 11.9. The Hall–Kier alpha value is -1.81. The molecule has 0 bridgehead atoms. The maximum Gasteiger partial charge on any atom is 0.156 e. The number of hydrogen-bond acceptors (Lipinski definition) is 2. The van der Waals surface area contributed by atoms with E-state index in [0.29, 0.717) is 26.9 Å². The fourth-order valence-corrected chi connectivity index (χ4v) is 2.57. The Labute approximate surface area is 132 Å². The summed E-state index contributed by atoms with van der Waals surface area (Å²) in [6, 6.07) is 15.9. The van der Waals surface area contributed by atoms with Gasteiger partial charge in [0.25, 0.3) is 0 Å². The van der Waals surface area contributed by atoms with E-state index < -0.39 is 5.60 Å². The van der Waals surface area contributed by atoms with E-state index in [1.165, 1.54) is 0 Å². The van der Waals surface area contributed by atoms with Gasteiger partial charge in [0.05, 0.1) is 5.69 Å². The van der Waals surface area contributed by atoms with Gasteiger partial charge in [-0.25, -0.2) is 0 Å². The molecule has 0 unspecified atom stereocenters. The molecule has 0 spiro atoms. The second-order valence-corrected chi connectivity index (χ2v) is 5.57. The van der Waals surface area contributed by atoms with Crippen LogP contribution in [0.4, 0.5) is 0 Å². The third-order valence-electron chi connectivity index (χ3n) is 3.41. The van der Waals surface area contributed by atoms with Crippen molar-refractivity contribution in [1.29, 1.82) is 0 Å². The topological polar surface area (TPSA) is 48.9 Å². The molecular formula is C16H12Cl2N2O. The zero-order chi connectivity index (χ0) is 14.9. The largest absolute Gasteiger partial charge is 0.374 e. The molecule has 0 aliphatic heterocycles. The molecule has 0 atom stereocenters. The Morgan fingerprint density at radius 2 is 1.29 bits per heavy atom. The normalized spacial score (nSPS) is 11.6. The number of hydrogen-bond donors (Lipinski definition) is 2. The smallest absolute Gasteiger partial charge is 0.156 e. The van der Waals surface area contributed by atoms with Crippen molar-refractivity contribution in [3.05, 3.63) is 87.7 Å². The lowest BCUT2D eigenvalue weighted by Gasteiger charge is -2.28. The van der Waals surface area contributed by atoms with E-state index in [1.807, 2.05) is 0 Å². The molecule has 3 aromatic rings. The second-order valence-electron chi connectivity index (χ2n) is 4.69. The quantitative estimate of drug-likeness (QED) is 0.766. The molecule has 1 aromatic heterocycles. The summed E-state index contributed by atoms with van der Waals surface area (Å²) in [5.41, 5.74) is 0.621. The van der Waals surface area contributed by atoms with Gasteiger partial charge in [-0.3, -0.25) is 5.10 Å². The molecule has 21 heavy (non-hydrogen) atoms. The van der Waals surface area contributed by atoms with E-state index in [0.717, 1.165) is 0 Å². The van der Waals surface area contributed by atoms with Gasteiger partial charge in [0.2, 0.25) is 0 Å². The third kappa shape index (κ3) is 2.56. The van der Waals surface area contributed by atoms with E-state index >= 15 is 0 Å². The van der Waals surface area contributed by atoms with Crippen LogP contribution in [0.5, 0.6) is 0 Å². The minimum atomic E-state index is -1.34. The number of aromatic nitrogens is 2. The molecule has 5 heteroatoms. The van der Waals surface area contributed by atoms with Crippen LogP contribution < -0.4 is 0 Å². The zero-order valence-electron chi connectivity index (χ0n) is 10.9. The van der Waals surface area contributed by atoms with Gasteiger partial charge < -0.3 is 5.11 Å². The van der Waals surface area contributed by atoms with Crippen LogP contribution in [0.25, 0.3) is 0 Å². The molecule has 3 rings (SSSR count). The van der Waals surface area contributed by atoms with E-state index in [-0.39, 0.29) is 0 Å². The average Bonchev–Trinajstić information content (AvgIpc) is 3.02. The summed E-state index contributed by atoms with van der Waals surface area (Å²) in [6.07, 6.45) is 1.60. The summed E-state index contributed by atoms with van der Waals surface area (Å²) < 4.78 is 0. The first-order chi connectivity index (χ1) is 10.1. The summed E-state index contributed by atoms with van der Waals surface area (Å²) in [5, 5.41) is 19.3. The highest BCUT2D eigenvalue weighted by Crippen LogP contribution is 2.36. The van der Waals surface area contributed by atoms with Crippen LogP contribution in [0.3, 0.4) is 0 Å². The lowest BCUT2D eigenvalue weighted by Crippen LogP contribution is -2.29. The Bertz CT molecular complexity index is 676. The highest BCUT2D eigenvalue weighted by Gasteiger charge is 2.35. The number of nitrogens with one attached hydrogen (secondary N) is 1. The first-order valence-corrected chi connectivity index (χ1v) is 7.10. The summed E-state index contributed by atoms with van der Waals surface area (Å²) in [5.74, 6) is 0. The standard InChI is InChI=1S/C16H12Cl2N2O/c17-13-5-1-11(2-6-13)16(21,15-9-10-19-20-15)12-3-7-14(18)8-4-12/h1-10,21H,(H,19,20). The Balaban J connectivity index is 2.20. The number of rotatable bonds is 3. The van der Waals surface area contributed by atoms with Crippen LogP contribution in [0, 0.1) is 0 Å². The van der Waals surface area contributed by atoms with Gasteiger partial charge in [-0.1, -0.05) is 47.5 Å². The highest BCUT2D eigenvalue weighted by atomic mass is 35.5. The number of nitrogens with zero attached hydrogens (tertiary/aromatic N) is 1. The minimum Gasteiger partial charge on any atom is -0.374 e. The number of aromatic amines is 1. The van der Waals surface area contributed by atoms with Crippen molar-refractivity contribution in [3.8, 4) is 0 Å². The van der Waals surface area contributed by atoms with Crippen molar-refractivity contribution in [2.45, 2.75) is 5.60 Å². The molecule has 106 valence electrons. The van der Waals surface area contributed by atoms with Gasteiger partial charge in [-0.2, -0.15) is 5.10 Å². The maximum absolute atomic E-state index is 11.3. The van der Waals surface area contributed by atoms with Crippen LogP contribution in [-0.2, 0) is 5.60 Å². The lowest BCUT2D eigenvalue weighted by molar-refractivity contribution is 0.121. The predicted octanol–water partition coefficient (Wildman–Crippen LogP) is 4.00. The van der Waals surface area contributed by atoms with Crippen LogP contribution >= 0.6 is 23.2 Å². The van der Waals surface area contributed by atoms with Crippen LogP contribution in [-0.4, -0.2) is 15.3 Å². The monoisotopic (exact) mass is 318 g/mol. The molecule has 0 amide bonds. The van der Waals surface area contributed by atoms with E-state index in [1.54, 1.807) is 60.8 Å². The number of aliphatic hydroxyl groups is 1. The molecule has 0 radical (unpaired) electrons. The average molecular weight is 319 g/mol. The molecule has 2 N–H and O–H groups in total. The van der Waals surface area contributed by atoms with Gasteiger partial charge >= 0.3 is 0 Å². The van der Waals surface area contributed by atoms with Crippen molar-refractivity contribution in [2.75, 3.05) is 0 Å². The van der Waals surface area contributed by atoms with Crippen molar-refractivity contribution in [1.82, 2.24) is 10.2 Å². The summed E-state index contributed by atoms with van der Waals surface area (Å²) in [7, 11) is 0. The SMILES string of the molecule is OC(c1ccc(Cl)cc1)(c1ccc(Cl)cc1)c1ccn[nH]1. The van der Waals surface area contributed by atoms with E-state index in [4.69, 9.17) is 23.2 Å². The fraction of sp³-hybridized carbons (Fsp3) is 0.0625. The number of benzene rings is 2. The van der Waals surface area contributed by atoms with Crippen molar-refractivity contribution >= 4 is 23.2 Å². The maximum atomic E-state index is 11.3. The molecule has 2 aromatic carbocycles. The van der Waals surface area contributed by atoms with Crippen molar-refractivity contribution in [3.63, 3.8) is 0 Å². The minimum absolute atomic E-state index is 0.576. The van der Waals surface area contributed by atoms with Gasteiger partial charge in [0.1, 0.15) is 0 Å². The molecule has 0 aliphatic rings. The van der Waals surface area contributed by atoms with Gasteiger partial charge in [0.15, 0.2) is 5.60 Å². The van der Waals surface area contributed by atoms with Gasteiger partial charge in [0, 0.05) is 16.2 Å². The molecule has 1 heterocycles. The molecule has 0 saturated heterocycles. The summed E-state index contributed by atoms with van der Waals surface area (Å²) in [4.78, 5) is 0. The lowest BCUT2D eigenvalue weighted by atomic mass is 9.83. The van der Waals surface area contributed by atoms with E-state index in [2.05, 4.69) is 10.2 Å². The first-order valence-electron chi connectivity index (χ1n) is 6.35. The second kappa shape index (κ2) is 5.53. The number of H-pyrrole nitrogens is 1. The molecule has 0 fully saturated rings. The van der Waals surface area contributed by atoms with E-state index in [9.17, 15) is 5.11 Å². The Morgan fingerprint density at radius 3 is 1.67 bits per heavy atom. The predicted molar refractivity (Wildman–Crippen MR) is 83.6 cm³/mol.